The summed E-state index contributed by atoms with van der Waals surface area (Å²) in [6.07, 6.45) is 5.82. The van der Waals surface area contributed by atoms with Gasteiger partial charge in [0, 0.05) is 43.3 Å². The van der Waals surface area contributed by atoms with Gasteiger partial charge >= 0.3 is 0 Å². The van der Waals surface area contributed by atoms with Gasteiger partial charge in [0.05, 0.1) is 5.69 Å². The van der Waals surface area contributed by atoms with Crippen LogP contribution >= 0.6 is 11.3 Å². The minimum absolute atomic E-state index is 0.825. The average molecular weight is 371 g/mol. The third kappa shape index (κ3) is 3.76. The molecule has 1 aliphatic heterocycles. The van der Waals surface area contributed by atoms with Gasteiger partial charge in [-0.15, -0.1) is 11.3 Å². The minimum Gasteiger partial charge on any atom is -0.343 e. The van der Waals surface area contributed by atoms with Gasteiger partial charge in [-0.3, -0.25) is 9.69 Å². The van der Waals surface area contributed by atoms with Crippen LogP contribution in [0.2, 0.25) is 0 Å². The Morgan fingerprint density at radius 3 is 2.77 bits per heavy atom. The van der Waals surface area contributed by atoms with Gasteiger partial charge in [-0.1, -0.05) is 12.1 Å². The number of carbonyl (C=O) groups is 1. The van der Waals surface area contributed by atoms with Crippen molar-refractivity contribution in [1.29, 1.82) is 0 Å². The third-order valence-electron chi connectivity index (χ3n) is 5.48. The van der Waals surface area contributed by atoms with E-state index >= 15 is 0 Å². The molecule has 138 valence electrons. The molecule has 0 radical (unpaired) electrons. The number of benzene rings is 1. The molecule has 0 unspecified atom stereocenters. The van der Waals surface area contributed by atoms with E-state index in [4.69, 9.17) is 4.98 Å². The summed E-state index contributed by atoms with van der Waals surface area (Å²) in [4.78, 5) is 21.4. The zero-order valence-electron chi connectivity index (χ0n) is 15.3. The predicted octanol–water partition coefficient (Wildman–Crippen LogP) is 3.35. The van der Waals surface area contributed by atoms with Crippen molar-refractivity contribution in [2.24, 2.45) is 0 Å². The number of hydrogen-bond acceptors (Lipinski definition) is 5. The highest BCUT2D eigenvalue weighted by Gasteiger charge is 2.18. The number of amides is 1. The van der Waals surface area contributed by atoms with Crippen LogP contribution < -0.4 is 5.32 Å². The quantitative estimate of drug-likeness (QED) is 0.820. The highest BCUT2D eigenvalue weighted by molar-refractivity contribution is 7.15. The zero-order chi connectivity index (χ0) is 17.9. The number of nitrogens with zero attached hydrogens (tertiary/aromatic N) is 3. The predicted molar refractivity (Wildman–Crippen MR) is 106 cm³/mol. The fourth-order valence-electron chi connectivity index (χ4n) is 3.78. The number of piperazine rings is 1. The van der Waals surface area contributed by atoms with Crippen LogP contribution in [0.15, 0.2) is 18.2 Å². The Kier molecular flexibility index (Phi) is 5.22. The van der Waals surface area contributed by atoms with Gasteiger partial charge < -0.3 is 10.2 Å². The number of fused-ring (bicyclic) bond motifs is 1. The number of thiazole rings is 1. The lowest BCUT2D eigenvalue weighted by molar-refractivity contribution is -0.119. The topological polar surface area (TPSA) is 48.5 Å². The number of nitrogens with one attached hydrogen (secondary N) is 1. The molecule has 2 aromatic rings. The molecule has 1 N–H and O–H groups in total. The van der Waals surface area contributed by atoms with E-state index in [1.165, 1.54) is 41.0 Å². The second kappa shape index (κ2) is 7.76. The molecule has 6 heteroatoms. The molecule has 1 amide bonds. The van der Waals surface area contributed by atoms with Gasteiger partial charge in [-0.2, -0.15) is 0 Å². The average Bonchev–Trinajstić information content (AvgIpc) is 3.08. The van der Waals surface area contributed by atoms with Crippen molar-refractivity contribution in [1.82, 2.24) is 14.8 Å². The number of anilines is 2. The van der Waals surface area contributed by atoms with Crippen LogP contribution in [0.3, 0.4) is 0 Å². The second-order valence-electron chi connectivity index (χ2n) is 7.23. The lowest BCUT2D eigenvalue weighted by Gasteiger charge is -2.32. The lowest BCUT2D eigenvalue weighted by atomic mass is 10.0. The van der Waals surface area contributed by atoms with Gasteiger partial charge in [-0.05, 0) is 49.8 Å². The monoisotopic (exact) mass is 370 g/mol. The van der Waals surface area contributed by atoms with E-state index in [0.29, 0.717) is 0 Å². The Bertz CT molecular complexity index is 757. The van der Waals surface area contributed by atoms with Crippen LogP contribution in [0.5, 0.6) is 0 Å². The van der Waals surface area contributed by atoms with Crippen molar-refractivity contribution in [3.05, 3.63) is 39.9 Å². The number of rotatable bonds is 5. The first-order chi connectivity index (χ1) is 12.7. The molecule has 1 aromatic carbocycles. The van der Waals surface area contributed by atoms with Gasteiger partial charge in [0.15, 0.2) is 5.13 Å². The van der Waals surface area contributed by atoms with Crippen molar-refractivity contribution >= 4 is 28.6 Å². The Morgan fingerprint density at radius 2 is 2.00 bits per heavy atom. The SMILES string of the molecule is Cc1c(CN2CCN(C=O)CC2)cccc1Nc1nc2c(s1)CCCC2. The molecule has 1 fully saturated rings. The van der Waals surface area contributed by atoms with Crippen LogP contribution in [-0.2, 0) is 24.2 Å². The van der Waals surface area contributed by atoms with E-state index in [-0.39, 0.29) is 0 Å². The van der Waals surface area contributed by atoms with E-state index < -0.39 is 0 Å². The molecule has 1 saturated heterocycles. The molecule has 0 saturated carbocycles. The Morgan fingerprint density at radius 1 is 1.19 bits per heavy atom. The number of carbonyl (C=O) groups excluding carboxylic acids is 1. The summed E-state index contributed by atoms with van der Waals surface area (Å²) in [5.41, 5.74) is 5.08. The fourth-order valence-corrected chi connectivity index (χ4v) is 4.84. The Balaban J connectivity index is 1.45. The minimum atomic E-state index is 0.825. The smallest absolute Gasteiger partial charge is 0.209 e. The maximum Gasteiger partial charge on any atom is 0.209 e. The van der Waals surface area contributed by atoms with Gasteiger partial charge in [0.2, 0.25) is 6.41 Å². The van der Waals surface area contributed by atoms with E-state index in [1.807, 2.05) is 16.2 Å². The fraction of sp³-hybridized carbons (Fsp3) is 0.500. The first-order valence-corrected chi connectivity index (χ1v) is 10.3. The zero-order valence-corrected chi connectivity index (χ0v) is 16.1. The molecule has 4 rings (SSSR count). The van der Waals surface area contributed by atoms with Gasteiger partial charge in [0.1, 0.15) is 0 Å². The molecule has 1 aromatic heterocycles. The van der Waals surface area contributed by atoms with E-state index in [9.17, 15) is 4.79 Å². The molecule has 26 heavy (non-hydrogen) atoms. The van der Waals surface area contributed by atoms with Crippen LogP contribution in [0.1, 0.15) is 34.5 Å². The summed E-state index contributed by atoms with van der Waals surface area (Å²) >= 11 is 1.81. The van der Waals surface area contributed by atoms with Crippen molar-refractivity contribution in [2.75, 3.05) is 31.5 Å². The molecule has 0 atom stereocenters. The summed E-state index contributed by atoms with van der Waals surface area (Å²) in [7, 11) is 0. The first kappa shape index (κ1) is 17.5. The van der Waals surface area contributed by atoms with E-state index in [1.54, 1.807) is 0 Å². The Hall–Kier alpha value is -1.92. The summed E-state index contributed by atoms with van der Waals surface area (Å²) in [5.74, 6) is 0. The number of aryl methyl sites for hydroxylation is 2. The summed E-state index contributed by atoms with van der Waals surface area (Å²) in [6.45, 7) is 6.65. The van der Waals surface area contributed by atoms with E-state index in [0.717, 1.165) is 56.4 Å². The first-order valence-electron chi connectivity index (χ1n) is 9.49. The standard InChI is InChI=1S/C20H26N4OS/c1-15-16(13-23-9-11-24(14-25)12-10-23)5-4-7-17(15)21-20-22-18-6-2-3-8-19(18)26-20/h4-5,7,14H,2-3,6,8-13H2,1H3,(H,21,22). The molecule has 1 aliphatic carbocycles. The molecule has 0 bridgehead atoms. The molecular weight excluding hydrogens is 344 g/mol. The van der Waals surface area contributed by atoms with Crippen molar-refractivity contribution < 1.29 is 4.79 Å². The van der Waals surface area contributed by atoms with Crippen LogP contribution in [0.4, 0.5) is 10.8 Å². The molecule has 2 aliphatic rings. The van der Waals surface area contributed by atoms with E-state index in [2.05, 4.69) is 35.3 Å². The third-order valence-corrected chi connectivity index (χ3v) is 6.56. The summed E-state index contributed by atoms with van der Waals surface area (Å²) in [6, 6.07) is 6.48. The lowest BCUT2D eigenvalue weighted by Crippen LogP contribution is -2.45. The second-order valence-corrected chi connectivity index (χ2v) is 8.31. The van der Waals surface area contributed by atoms with Crippen LogP contribution in [-0.4, -0.2) is 47.4 Å². The molecular formula is C20H26N4OS. The highest BCUT2D eigenvalue weighted by atomic mass is 32.1. The number of hydrogen-bond donors (Lipinski definition) is 1. The number of aromatic nitrogens is 1. The van der Waals surface area contributed by atoms with Crippen LogP contribution in [0, 0.1) is 6.92 Å². The molecule has 5 nitrogen and oxygen atoms in total. The summed E-state index contributed by atoms with van der Waals surface area (Å²) < 4.78 is 0. The normalized spacial score (nSPS) is 17.8. The Labute approximate surface area is 159 Å². The summed E-state index contributed by atoms with van der Waals surface area (Å²) in [5, 5.41) is 4.58. The van der Waals surface area contributed by atoms with Crippen LogP contribution in [0.25, 0.3) is 0 Å². The van der Waals surface area contributed by atoms with Crippen molar-refractivity contribution in [3.8, 4) is 0 Å². The van der Waals surface area contributed by atoms with Gasteiger partial charge in [-0.25, -0.2) is 4.98 Å². The molecule has 0 spiro atoms. The van der Waals surface area contributed by atoms with Crippen molar-refractivity contribution in [3.63, 3.8) is 0 Å². The van der Waals surface area contributed by atoms with Gasteiger partial charge in [0.25, 0.3) is 0 Å². The maximum absolute atomic E-state index is 10.9. The highest BCUT2D eigenvalue weighted by Crippen LogP contribution is 2.32. The maximum atomic E-state index is 10.9. The van der Waals surface area contributed by atoms with Crippen molar-refractivity contribution in [2.45, 2.75) is 39.2 Å². The molecule has 2 heterocycles. The largest absolute Gasteiger partial charge is 0.343 e.